The van der Waals surface area contributed by atoms with Crippen molar-refractivity contribution in [1.82, 2.24) is 4.98 Å². The molecule has 1 unspecified atom stereocenters. The zero-order valence-electron chi connectivity index (χ0n) is 11.8. The molecule has 2 aromatic rings. The Kier molecular flexibility index (Phi) is 5.08. The van der Waals surface area contributed by atoms with Gasteiger partial charge >= 0.3 is 5.97 Å². The molecule has 1 aromatic heterocycles. The summed E-state index contributed by atoms with van der Waals surface area (Å²) >= 11 is 5.35. The first kappa shape index (κ1) is 15.2. The summed E-state index contributed by atoms with van der Waals surface area (Å²) in [7, 11) is 0. The van der Waals surface area contributed by atoms with Crippen molar-refractivity contribution in [2.45, 2.75) is 25.2 Å². The fraction of sp³-hybridized carbons (Fsp3) is 0.467. The average Bonchev–Trinajstić information content (AvgIpc) is 2.80. The van der Waals surface area contributed by atoms with Crippen LogP contribution in [-0.4, -0.2) is 33.6 Å². The second-order valence-corrected chi connectivity index (χ2v) is 8.60. The summed E-state index contributed by atoms with van der Waals surface area (Å²) in [6, 6.07) is 5.63. The van der Waals surface area contributed by atoms with Crippen LogP contribution in [0.2, 0.25) is 0 Å². The number of esters is 1. The molecule has 6 heteroatoms. The number of ether oxygens (including phenoxy) is 1. The number of carbonyl (C=O) groups excluding carboxylic acids is 1. The molecule has 0 saturated carbocycles. The van der Waals surface area contributed by atoms with Crippen molar-refractivity contribution in [3.8, 4) is 0 Å². The van der Waals surface area contributed by atoms with Crippen molar-refractivity contribution < 1.29 is 9.53 Å². The van der Waals surface area contributed by atoms with E-state index in [0.29, 0.717) is 5.56 Å². The molecule has 0 bridgehead atoms. The number of carbonyl (C=O) groups is 1. The minimum Gasteiger partial charge on any atom is -0.448 e. The molecule has 1 saturated heterocycles. The van der Waals surface area contributed by atoms with Crippen molar-refractivity contribution in [2.24, 2.45) is 0 Å². The van der Waals surface area contributed by atoms with E-state index in [9.17, 15) is 4.79 Å². The highest BCUT2D eigenvalue weighted by Crippen LogP contribution is 2.26. The molecule has 1 fully saturated rings. The van der Waals surface area contributed by atoms with E-state index >= 15 is 0 Å². The maximum Gasteiger partial charge on any atom is 0.339 e. The molecule has 0 spiro atoms. The molecule has 2 heterocycles. The molecule has 0 amide bonds. The number of fused-ring (bicyclic) bond motifs is 1. The Hall–Kier alpha value is -0.720. The van der Waals surface area contributed by atoms with Crippen molar-refractivity contribution >= 4 is 51.0 Å². The first-order valence-electron chi connectivity index (χ1n) is 7.00. The first-order chi connectivity index (χ1) is 10.2. The number of thiazole rings is 1. The summed E-state index contributed by atoms with van der Waals surface area (Å²) in [5.41, 5.74) is 1.47. The fourth-order valence-electron chi connectivity index (χ4n) is 2.19. The third kappa shape index (κ3) is 3.93. The van der Waals surface area contributed by atoms with Gasteiger partial charge in [-0.05, 0) is 48.8 Å². The minimum absolute atomic E-state index is 0.0156. The summed E-state index contributed by atoms with van der Waals surface area (Å²) in [5, 5.41) is 1.02. The number of rotatable bonds is 2. The Labute approximate surface area is 136 Å². The summed E-state index contributed by atoms with van der Waals surface area (Å²) in [6.07, 6.45) is 2.12. The lowest BCUT2D eigenvalue weighted by molar-refractivity contribution is 0.0456. The zero-order chi connectivity index (χ0) is 14.7. The molecule has 0 radical (unpaired) electrons. The van der Waals surface area contributed by atoms with Crippen LogP contribution in [0.15, 0.2) is 18.2 Å². The highest BCUT2D eigenvalue weighted by molar-refractivity contribution is 8.01. The fourth-order valence-corrected chi connectivity index (χ4v) is 5.28. The van der Waals surface area contributed by atoms with Gasteiger partial charge in [0.25, 0.3) is 0 Å². The zero-order valence-corrected chi connectivity index (χ0v) is 14.3. The smallest absolute Gasteiger partial charge is 0.339 e. The van der Waals surface area contributed by atoms with Gasteiger partial charge in [-0.15, -0.1) is 23.1 Å². The van der Waals surface area contributed by atoms with Crippen molar-refractivity contribution in [1.29, 1.82) is 0 Å². The van der Waals surface area contributed by atoms with E-state index in [2.05, 4.69) is 4.98 Å². The summed E-state index contributed by atoms with van der Waals surface area (Å²) in [6.45, 7) is 1.98. The van der Waals surface area contributed by atoms with Crippen LogP contribution < -0.4 is 0 Å². The molecule has 1 aliphatic rings. The third-order valence-electron chi connectivity index (χ3n) is 3.20. The van der Waals surface area contributed by atoms with E-state index in [-0.39, 0.29) is 11.4 Å². The van der Waals surface area contributed by atoms with Crippen LogP contribution in [-0.2, 0) is 4.74 Å². The molecular weight excluding hydrogens is 322 g/mol. The Bertz CT molecular complexity index is 633. The van der Waals surface area contributed by atoms with Crippen LogP contribution in [0.5, 0.6) is 0 Å². The second-order valence-electron chi connectivity index (χ2n) is 4.88. The highest BCUT2D eigenvalue weighted by Gasteiger charge is 2.18. The number of aryl methyl sites for hydroxylation is 1. The monoisotopic (exact) mass is 339 g/mol. The predicted molar refractivity (Wildman–Crippen MR) is 92.6 cm³/mol. The van der Waals surface area contributed by atoms with Crippen molar-refractivity contribution in [2.75, 3.05) is 17.3 Å². The van der Waals surface area contributed by atoms with E-state index in [4.69, 9.17) is 4.74 Å². The normalized spacial score (nSPS) is 20.0. The lowest BCUT2D eigenvalue weighted by atomic mass is 10.2. The summed E-state index contributed by atoms with van der Waals surface area (Å²) in [4.78, 5) is 16.7. The number of thioether (sulfide) groups is 2. The third-order valence-corrected chi connectivity index (χ3v) is 6.48. The van der Waals surface area contributed by atoms with Gasteiger partial charge in [-0.25, -0.2) is 9.78 Å². The average molecular weight is 340 g/mol. The van der Waals surface area contributed by atoms with Gasteiger partial charge in [0, 0.05) is 6.42 Å². The molecule has 0 aliphatic carbocycles. The quantitative estimate of drug-likeness (QED) is 0.761. The van der Waals surface area contributed by atoms with E-state index in [1.165, 1.54) is 12.2 Å². The van der Waals surface area contributed by atoms with Crippen molar-refractivity contribution in [3.05, 3.63) is 28.8 Å². The minimum atomic E-state index is -0.231. The van der Waals surface area contributed by atoms with Gasteiger partial charge in [-0.1, -0.05) is 0 Å². The largest absolute Gasteiger partial charge is 0.448 e. The van der Waals surface area contributed by atoms with Gasteiger partial charge in [0.2, 0.25) is 0 Å². The SMILES string of the molecule is Cc1nc2cc(C(=O)OC3CCSCCCS3)ccc2s1. The Morgan fingerprint density at radius 3 is 3.14 bits per heavy atom. The van der Waals surface area contributed by atoms with Gasteiger partial charge in [0.15, 0.2) is 0 Å². The Morgan fingerprint density at radius 2 is 2.24 bits per heavy atom. The van der Waals surface area contributed by atoms with E-state index in [1.54, 1.807) is 23.1 Å². The Morgan fingerprint density at radius 1 is 1.33 bits per heavy atom. The molecule has 3 rings (SSSR count). The van der Waals surface area contributed by atoms with E-state index in [1.807, 2.05) is 36.9 Å². The topological polar surface area (TPSA) is 39.2 Å². The molecule has 3 nitrogen and oxygen atoms in total. The van der Waals surface area contributed by atoms with Crippen LogP contribution in [0, 0.1) is 6.92 Å². The van der Waals surface area contributed by atoms with Gasteiger partial charge in [-0.2, -0.15) is 11.8 Å². The first-order valence-corrected chi connectivity index (χ1v) is 10.0. The summed E-state index contributed by atoms with van der Waals surface area (Å²) in [5.74, 6) is 3.11. The predicted octanol–water partition coefficient (Wildman–Crippen LogP) is 4.35. The van der Waals surface area contributed by atoms with Gasteiger partial charge in [-0.3, -0.25) is 0 Å². The van der Waals surface area contributed by atoms with Crippen molar-refractivity contribution in [3.63, 3.8) is 0 Å². The van der Waals surface area contributed by atoms with E-state index in [0.717, 1.165) is 33.2 Å². The maximum absolute atomic E-state index is 12.3. The lowest BCUT2D eigenvalue weighted by Gasteiger charge is -2.19. The molecule has 21 heavy (non-hydrogen) atoms. The highest BCUT2D eigenvalue weighted by atomic mass is 32.2. The molecule has 0 N–H and O–H groups in total. The number of benzene rings is 1. The number of hydrogen-bond donors (Lipinski definition) is 0. The number of nitrogens with zero attached hydrogens (tertiary/aromatic N) is 1. The van der Waals surface area contributed by atoms with E-state index < -0.39 is 0 Å². The van der Waals surface area contributed by atoms with Gasteiger partial charge in [0.1, 0.15) is 5.44 Å². The number of aromatic nitrogens is 1. The van der Waals surface area contributed by atoms with Crippen LogP contribution in [0.25, 0.3) is 10.2 Å². The number of hydrogen-bond acceptors (Lipinski definition) is 6. The van der Waals surface area contributed by atoms with Gasteiger partial charge in [0.05, 0.1) is 20.8 Å². The molecule has 1 aromatic carbocycles. The van der Waals surface area contributed by atoms with Gasteiger partial charge < -0.3 is 4.74 Å². The lowest BCUT2D eigenvalue weighted by Crippen LogP contribution is -2.18. The molecule has 1 atom stereocenters. The second kappa shape index (κ2) is 7.03. The Balaban J connectivity index is 1.70. The molecule has 112 valence electrons. The molecule has 1 aliphatic heterocycles. The summed E-state index contributed by atoms with van der Waals surface area (Å²) < 4.78 is 6.77. The maximum atomic E-state index is 12.3. The standard InChI is InChI=1S/C15H17NO2S3/c1-10-16-12-9-11(3-4-13(12)21-10)15(17)18-14-5-8-19-6-2-7-20-14/h3-4,9,14H,2,5-8H2,1H3. The van der Waals surface area contributed by atoms with Crippen LogP contribution in [0.3, 0.4) is 0 Å². The van der Waals surface area contributed by atoms with Crippen LogP contribution >= 0.6 is 34.9 Å². The van der Waals surface area contributed by atoms with Crippen LogP contribution in [0.1, 0.15) is 28.2 Å². The molecular formula is C15H17NO2S3. The van der Waals surface area contributed by atoms with Crippen LogP contribution in [0.4, 0.5) is 0 Å².